The van der Waals surface area contributed by atoms with Gasteiger partial charge in [-0.25, -0.2) is 13.1 Å². The van der Waals surface area contributed by atoms with E-state index in [0.717, 1.165) is 5.56 Å². The molecule has 1 atom stereocenters. The first-order valence-electron chi connectivity index (χ1n) is 6.28. The lowest BCUT2D eigenvalue weighted by atomic mass is 10.2. The molecule has 0 aliphatic carbocycles. The number of benzene rings is 1. The van der Waals surface area contributed by atoms with Gasteiger partial charge in [0.1, 0.15) is 10.6 Å². The monoisotopic (exact) mass is 318 g/mol. The topological polar surface area (TPSA) is 67.4 Å². The summed E-state index contributed by atoms with van der Waals surface area (Å²) in [6.07, 6.45) is 1.95. The second-order valence-electron chi connectivity index (χ2n) is 4.41. The van der Waals surface area contributed by atoms with E-state index >= 15 is 0 Å². The number of thioether (sulfide) groups is 1. The Kier molecular flexibility index (Phi) is 6.81. The van der Waals surface area contributed by atoms with Gasteiger partial charge in [-0.05, 0) is 31.0 Å². The van der Waals surface area contributed by atoms with Crippen molar-refractivity contribution < 1.29 is 13.2 Å². The summed E-state index contributed by atoms with van der Waals surface area (Å²) in [5.41, 5.74) is 0.895. The van der Waals surface area contributed by atoms with Crippen LogP contribution in [-0.2, 0) is 16.6 Å². The molecule has 0 aliphatic rings. The first-order chi connectivity index (χ1) is 9.44. The third-order valence-electron chi connectivity index (χ3n) is 2.86. The fraction of sp³-hybridized carbons (Fsp3) is 0.538. The van der Waals surface area contributed by atoms with Gasteiger partial charge in [-0.1, -0.05) is 13.0 Å². The molecule has 0 aliphatic heterocycles. The van der Waals surface area contributed by atoms with Crippen molar-refractivity contribution in [1.29, 1.82) is 0 Å². The van der Waals surface area contributed by atoms with E-state index in [4.69, 9.17) is 4.74 Å². The van der Waals surface area contributed by atoms with Crippen LogP contribution in [0.25, 0.3) is 0 Å². The summed E-state index contributed by atoms with van der Waals surface area (Å²) < 4.78 is 32.5. The van der Waals surface area contributed by atoms with E-state index in [-0.39, 0.29) is 10.1 Å². The highest BCUT2D eigenvalue weighted by Gasteiger charge is 2.20. The molecule has 7 heteroatoms. The van der Waals surface area contributed by atoms with Crippen LogP contribution in [0.15, 0.2) is 23.1 Å². The molecule has 114 valence electrons. The molecule has 1 aromatic rings. The third-order valence-corrected chi connectivity index (χ3v) is 5.28. The van der Waals surface area contributed by atoms with Gasteiger partial charge in [0.15, 0.2) is 0 Å². The van der Waals surface area contributed by atoms with Gasteiger partial charge in [0.05, 0.1) is 7.11 Å². The van der Waals surface area contributed by atoms with Crippen LogP contribution in [-0.4, -0.2) is 40.6 Å². The van der Waals surface area contributed by atoms with Crippen molar-refractivity contribution in [3.63, 3.8) is 0 Å². The zero-order valence-electron chi connectivity index (χ0n) is 12.3. The molecule has 1 unspecified atom stereocenters. The van der Waals surface area contributed by atoms with Gasteiger partial charge >= 0.3 is 0 Å². The summed E-state index contributed by atoms with van der Waals surface area (Å²) in [7, 11) is -0.280. The van der Waals surface area contributed by atoms with E-state index in [0.29, 0.717) is 18.8 Å². The molecule has 1 rings (SSSR count). The second-order valence-corrected chi connectivity index (χ2v) is 7.43. The van der Waals surface area contributed by atoms with Crippen molar-refractivity contribution >= 4 is 21.8 Å². The molecule has 0 aromatic heterocycles. The Morgan fingerprint density at radius 2 is 2.10 bits per heavy atom. The van der Waals surface area contributed by atoms with Crippen molar-refractivity contribution in [2.75, 3.05) is 27.0 Å². The van der Waals surface area contributed by atoms with Gasteiger partial charge in [0, 0.05) is 18.3 Å². The quantitative estimate of drug-likeness (QED) is 0.759. The van der Waals surface area contributed by atoms with E-state index in [2.05, 4.69) is 10.0 Å². The van der Waals surface area contributed by atoms with Crippen LogP contribution in [0.2, 0.25) is 0 Å². The van der Waals surface area contributed by atoms with E-state index in [1.165, 1.54) is 7.11 Å². The highest BCUT2D eigenvalue weighted by atomic mass is 32.2. The van der Waals surface area contributed by atoms with Gasteiger partial charge in [0.25, 0.3) is 0 Å². The fourth-order valence-corrected chi connectivity index (χ4v) is 3.34. The molecule has 0 saturated carbocycles. The first kappa shape index (κ1) is 17.3. The average molecular weight is 318 g/mol. The number of rotatable bonds is 8. The molecule has 1 aromatic carbocycles. The van der Waals surface area contributed by atoms with Gasteiger partial charge in [-0.15, -0.1) is 0 Å². The second kappa shape index (κ2) is 7.87. The molecule has 0 fully saturated rings. The van der Waals surface area contributed by atoms with Gasteiger partial charge in [-0.2, -0.15) is 11.8 Å². The van der Waals surface area contributed by atoms with E-state index in [1.807, 2.05) is 26.3 Å². The zero-order valence-corrected chi connectivity index (χ0v) is 13.9. The Labute approximate surface area is 125 Å². The molecule has 5 nitrogen and oxygen atoms in total. The average Bonchev–Trinajstić information content (AvgIpc) is 2.45. The van der Waals surface area contributed by atoms with Crippen molar-refractivity contribution in [1.82, 2.24) is 10.0 Å². The predicted octanol–water partition coefficient (Wildman–Crippen LogP) is 1.44. The highest BCUT2D eigenvalue weighted by molar-refractivity contribution is 7.99. The molecular weight excluding hydrogens is 296 g/mol. The van der Waals surface area contributed by atoms with Gasteiger partial charge in [-0.3, -0.25) is 0 Å². The van der Waals surface area contributed by atoms with Crippen LogP contribution in [0.5, 0.6) is 5.75 Å². The van der Waals surface area contributed by atoms with Crippen molar-refractivity contribution in [3.05, 3.63) is 23.8 Å². The van der Waals surface area contributed by atoms with Crippen LogP contribution in [0.1, 0.15) is 12.5 Å². The van der Waals surface area contributed by atoms with Crippen LogP contribution >= 0.6 is 11.8 Å². The van der Waals surface area contributed by atoms with Crippen molar-refractivity contribution in [2.24, 2.45) is 0 Å². The Balaban J connectivity index is 3.04. The molecule has 20 heavy (non-hydrogen) atoms. The number of methoxy groups -OCH3 is 1. The Hall–Kier alpha value is -0.760. The lowest BCUT2D eigenvalue weighted by Crippen LogP contribution is -2.30. The third kappa shape index (κ3) is 4.66. The molecule has 0 radical (unpaired) electrons. The smallest absolute Gasteiger partial charge is 0.244 e. The number of hydrogen-bond donors (Lipinski definition) is 2. The number of hydrogen-bond acceptors (Lipinski definition) is 5. The maximum atomic E-state index is 12.4. The summed E-state index contributed by atoms with van der Waals surface area (Å²) in [5.74, 6) is 0.356. The zero-order chi connectivity index (χ0) is 15.2. The van der Waals surface area contributed by atoms with Crippen LogP contribution in [0, 0.1) is 0 Å². The molecule has 2 N–H and O–H groups in total. The predicted molar refractivity (Wildman–Crippen MR) is 83.9 cm³/mol. The van der Waals surface area contributed by atoms with Crippen LogP contribution < -0.4 is 14.8 Å². The molecular formula is C13H22N2O3S2. The Morgan fingerprint density at radius 1 is 1.40 bits per heavy atom. The molecule has 0 saturated heterocycles. The standard InChI is InChI=1S/C13H22N2O3S2/c1-10(19-4)8-15-20(16,17)13-7-11(9-14-2)5-6-12(13)18-3/h5-7,10,14-15H,8-9H2,1-4H3. The lowest BCUT2D eigenvalue weighted by molar-refractivity contribution is 0.402. The normalized spacial score (nSPS) is 13.2. The summed E-state index contributed by atoms with van der Waals surface area (Å²) in [5, 5.41) is 3.22. The number of sulfonamides is 1. The molecule has 0 heterocycles. The maximum absolute atomic E-state index is 12.4. The Morgan fingerprint density at radius 3 is 2.65 bits per heavy atom. The summed E-state index contributed by atoms with van der Waals surface area (Å²) in [4.78, 5) is 0.182. The first-order valence-corrected chi connectivity index (χ1v) is 9.05. The maximum Gasteiger partial charge on any atom is 0.244 e. The van der Waals surface area contributed by atoms with E-state index < -0.39 is 10.0 Å². The molecule has 0 spiro atoms. The minimum absolute atomic E-state index is 0.182. The minimum atomic E-state index is -3.57. The summed E-state index contributed by atoms with van der Waals surface area (Å²) in [6.45, 7) is 2.97. The largest absolute Gasteiger partial charge is 0.495 e. The van der Waals surface area contributed by atoms with E-state index in [1.54, 1.807) is 23.9 Å². The number of ether oxygens (including phenoxy) is 1. The van der Waals surface area contributed by atoms with Crippen LogP contribution in [0.3, 0.4) is 0 Å². The SMILES string of the molecule is CNCc1ccc(OC)c(S(=O)(=O)NCC(C)SC)c1. The number of nitrogens with one attached hydrogen (secondary N) is 2. The summed E-state index contributed by atoms with van der Waals surface area (Å²) >= 11 is 1.61. The Bertz CT molecular complexity index is 532. The van der Waals surface area contributed by atoms with Crippen LogP contribution in [0.4, 0.5) is 0 Å². The minimum Gasteiger partial charge on any atom is -0.495 e. The van der Waals surface area contributed by atoms with Gasteiger partial charge < -0.3 is 10.1 Å². The highest BCUT2D eigenvalue weighted by Crippen LogP contribution is 2.25. The van der Waals surface area contributed by atoms with Crippen molar-refractivity contribution in [3.8, 4) is 5.75 Å². The fourth-order valence-electron chi connectivity index (χ4n) is 1.63. The van der Waals surface area contributed by atoms with Gasteiger partial charge in [0.2, 0.25) is 10.0 Å². The molecule has 0 amide bonds. The lowest BCUT2D eigenvalue weighted by Gasteiger charge is -2.14. The molecule has 0 bridgehead atoms. The van der Waals surface area contributed by atoms with Crippen molar-refractivity contribution in [2.45, 2.75) is 23.6 Å². The summed E-state index contributed by atoms with van der Waals surface area (Å²) in [6, 6.07) is 5.17. The van der Waals surface area contributed by atoms with E-state index in [9.17, 15) is 8.42 Å².